The van der Waals surface area contributed by atoms with Gasteiger partial charge in [0.1, 0.15) is 12.1 Å². The third kappa shape index (κ3) is 4.97. The van der Waals surface area contributed by atoms with Crippen molar-refractivity contribution in [2.24, 2.45) is 11.7 Å². The first-order valence-corrected chi connectivity index (χ1v) is 11.6. The molecular weight excluding hydrogens is 354 g/mol. The number of nitrogens with two attached hydrogens (primary N) is 1. The van der Waals surface area contributed by atoms with Crippen molar-refractivity contribution in [2.45, 2.75) is 58.3 Å². The Hall–Kier alpha value is -1.55. The number of nitrogens with one attached hydrogen (secondary N) is 1. The molecule has 1 aromatic carbocycles. The molecular formula is C18H28ClN3O2Si. The maximum Gasteiger partial charge on any atom is 0.240 e. The number of carbonyl (C=O) groups is 1. The first kappa shape index (κ1) is 21.5. The van der Waals surface area contributed by atoms with Crippen molar-refractivity contribution < 1.29 is 9.59 Å². The van der Waals surface area contributed by atoms with E-state index < -0.39 is 20.3 Å². The highest BCUT2D eigenvalue weighted by molar-refractivity contribution is 6.72. The second kappa shape index (κ2) is 7.77. The SMILES string of the molecule is Cc1c(N[C@@H](C(N)=O)[C@@H](C)CC(C)(C)[Si](C)(C)O)ccc(C#N)c1Cl. The van der Waals surface area contributed by atoms with Gasteiger partial charge in [0, 0.05) is 5.69 Å². The lowest BCUT2D eigenvalue weighted by Gasteiger charge is -2.38. The van der Waals surface area contributed by atoms with Crippen LogP contribution in [0.5, 0.6) is 0 Å². The van der Waals surface area contributed by atoms with Crippen LogP contribution in [0.25, 0.3) is 0 Å². The van der Waals surface area contributed by atoms with Crippen molar-refractivity contribution in [3.05, 3.63) is 28.3 Å². The van der Waals surface area contributed by atoms with Gasteiger partial charge < -0.3 is 15.8 Å². The topological polar surface area (TPSA) is 99.1 Å². The molecule has 0 aliphatic heterocycles. The van der Waals surface area contributed by atoms with Gasteiger partial charge in [-0.15, -0.1) is 0 Å². The van der Waals surface area contributed by atoms with Crippen LogP contribution in [0.4, 0.5) is 5.69 Å². The molecule has 1 aromatic rings. The van der Waals surface area contributed by atoms with E-state index in [-0.39, 0.29) is 11.0 Å². The van der Waals surface area contributed by atoms with Gasteiger partial charge in [0.05, 0.1) is 10.6 Å². The van der Waals surface area contributed by atoms with Crippen LogP contribution in [-0.4, -0.2) is 25.1 Å². The van der Waals surface area contributed by atoms with E-state index in [4.69, 9.17) is 22.6 Å². The summed E-state index contributed by atoms with van der Waals surface area (Å²) < 4.78 is 0. The summed E-state index contributed by atoms with van der Waals surface area (Å²) in [6.07, 6.45) is 0.659. The Morgan fingerprint density at radius 3 is 2.48 bits per heavy atom. The second-order valence-corrected chi connectivity index (χ2v) is 12.7. The summed E-state index contributed by atoms with van der Waals surface area (Å²) >= 11 is 6.20. The van der Waals surface area contributed by atoms with Gasteiger partial charge in [-0.05, 0) is 55.1 Å². The number of hydrogen-bond donors (Lipinski definition) is 3. The van der Waals surface area contributed by atoms with Crippen molar-refractivity contribution in [2.75, 3.05) is 5.32 Å². The van der Waals surface area contributed by atoms with Gasteiger partial charge in [-0.1, -0.05) is 32.4 Å². The molecule has 1 rings (SSSR count). The van der Waals surface area contributed by atoms with E-state index in [0.717, 1.165) is 0 Å². The monoisotopic (exact) mass is 381 g/mol. The summed E-state index contributed by atoms with van der Waals surface area (Å²) in [5.74, 6) is -0.541. The number of nitrogens with zero attached hydrogens (tertiary/aromatic N) is 1. The minimum atomic E-state index is -2.39. The van der Waals surface area contributed by atoms with Crippen LogP contribution in [-0.2, 0) is 4.79 Å². The molecule has 0 saturated heterocycles. The summed E-state index contributed by atoms with van der Waals surface area (Å²) in [6.45, 7) is 11.6. The smallest absolute Gasteiger partial charge is 0.240 e. The third-order valence-electron chi connectivity index (χ3n) is 5.18. The van der Waals surface area contributed by atoms with Crippen molar-refractivity contribution in [1.29, 1.82) is 5.26 Å². The van der Waals surface area contributed by atoms with Crippen molar-refractivity contribution >= 4 is 31.5 Å². The number of primary amides is 1. The molecule has 0 unspecified atom stereocenters. The molecule has 0 spiro atoms. The highest BCUT2D eigenvalue weighted by Crippen LogP contribution is 2.42. The molecule has 0 aromatic heterocycles. The van der Waals surface area contributed by atoms with Crippen molar-refractivity contribution in [3.8, 4) is 6.07 Å². The van der Waals surface area contributed by atoms with E-state index in [9.17, 15) is 9.59 Å². The highest BCUT2D eigenvalue weighted by atomic mass is 35.5. The molecule has 0 saturated carbocycles. The average Bonchev–Trinajstić information content (AvgIpc) is 2.46. The Labute approximate surface area is 156 Å². The van der Waals surface area contributed by atoms with E-state index in [1.807, 2.05) is 39.9 Å². The summed E-state index contributed by atoms with van der Waals surface area (Å²) in [6, 6.07) is 4.79. The molecule has 0 radical (unpaired) electrons. The average molecular weight is 382 g/mol. The predicted molar refractivity (Wildman–Crippen MR) is 105 cm³/mol. The molecule has 138 valence electrons. The van der Waals surface area contributed by atoms with Gasteiger partial charge in [0.25, 0.3) is 0 Å². The van der Waals surface area contributed by atoms with Gasteiger partial charge in [-0.2, -0.15) is 5.26 Å². The molecule has 2 atom stereocenters. The van der Waals surface area contributed by atoms with Gasteiger partial charge in [0.2, 0.25) is 5.91 Å². The van der Waals surface area contributed by atoms with Gasteiger partial charge >= 0.3 is 0 Å². The van der Waals surface area contributed by atoms with Crippen LogP contribution < -0.4 is 11.1 Å². The van der Waals surface area contributed by atoms with Gasteiger partial charge in [-0.25, -0.2) is 0 Å². The second-order valence-electron chi connectivity index (χ2n) is 7.86. The van der Waals surface area contributed by atoms with Crippen molar-refractivity contribution in [1.82, 2.24) is 0 Å². The van der Waals surface area contributed by atoms with Crippen LogP contribution in [0.3, 0.4) is 0 Å². The van der Waals surface area contributed by atoms with E-state index >= 15 is 0 Å². The summed E-state index contributed by atoms with van der Waals surface area (Å²) in [4.78, 5) is 22.5. The normalized spacial score (nSPS) is 14.5. The predicted octanol–water partition coefficient (Wildman–Crippen LogP) is 3.79. The summed E-state index contributed by atoms with van der Waals surface area (Å²) in [5.41, 5.74) is 7.39. The maximum absolute atomic E-state index is 12.0. The third-order valence-corrected chi connectivity index (χ3v) is 9.19. The number of amides is 1. The molecule has 0 heterocycles. The zero-order chi connectivity index (χ0) is 19.6. The molecule has 25 heavy (non-hydrogen) atoms. The molecule has 1 amide bonds. The highest BCUT2D eigenvalue weighted by Gasteiger charge is 2.41. The quantitative estimate of drug-likeness (QED) is 0.625. The molecule has 0 aliphatic carbocycles. The number of carbonyl (C=O) groups excluding carboxylic acids is 1. The number of nitriles is 1. The van der Waals surface area contributed by atoms with Crippen LogP contribution in [0, 0.1) is 24.2 Å². The number of benzene rings is 1. The van der Waals surface area contributed by atoms with Crippen LogP contribution in [0.2, 0.25) is 23.2 Å². The zero-order valence-electron chi connectivity index (χ0n) is 15.8. The maximum atomic E-state index is 12.0. The van der Waals surface area contributed by atoms with Crippen LogP contribution in [0.15, 0.2) is 12.1 Å². The van der Waals surface area contributed by atoms with E-state index in [1.54, 1.807) is 19.1 Å². The summed E-state index contributed by atoms with van der Waals surface area (Å²) in [7, 11) is -2.39. The first-order chi connectivity index (χ1) is 11.3. The molecule has 5 nitrogen and oxygen atoms in total. The Bertz CT molecular complexity index is 693. The Morgan fingerprint density at radius 2 is 2.04 bits per heavy atom. The Kier molecular flexibility index (Phi) is 6.68. The molecule has 0 fully saturated rings. The van der Waals surface area contributed by atoms with Crippen molar-refractivity contribution in [3.63, 3.8) is 0 Å². The molecule has 0 bridgehead atoms. The van der Waals surface area contributed by atoms with E-state index in [2.05, 4.69) is 5.32 Å². The van der Waals surface area contributed by atoms with Gasteiger partial charge in [-0.3, -0.25) is 4.79 Å². The lowest BCUT2D eigenvalue weighted by atomic mass is 9.90. The summed E-state index contributed by atoms with van der Waals surface area (Å²) in [5, 5.41) is 12.3. The number of rotatable bonds is 7. The number of halogens is 1. The molecule has 4 N–H and O–H groups in total. The largest absolute Gasteiger partial charge is 0.432 e. The lowest BCUT2D eigenvalue weighted by Crippen LogP contribution is -2.45. The van der Waals surface area contributed by atoms with E-state index in [0.29, 0.717) is 28.3 Å². The standard InChI is InChI=1S/C18H28ClN3O2Si/c1-11(9-18(3,4)25(5,6)24)16(17(21)23)22-14-8-7-13(10-20)15(19)12(14)2/h7-8,11,16,22,24H,9H2,1-6H3,(H2,21,23)/t11-,16+/m0/s1. The first-order valence-electron chi connectivity index (χ1n) is 8.29. The lowest BCUT2D eigenvalue weighted by molar-refractivity contribution is -0.119. The van der Waals surface area contributed by atoms with E-state index in [1.165, 1.54) is 0 Å². The zero-order valence-corrected chi connectivity index (χ0v) is 17.5. The number of anilines is 1. The Balaban J connectivity index is 3.09. The Morgan fingerprint density at radius 1 is 1.48 bits per heavy atom. The fourth-order valence-electron chi connectivity index (χ4n) is 2.76. The van der Waals surface area contributed by atoms with Crippen LogP contribution in [0.1, 0.15) is 38.3 Å². The van der Waals surface area contributed by atoms with Crippen LogP contribution >= 0.6 is 11.6 Å². The minimum Gasteiger partial charge on any atom is -0.432 e. The fraction of sp³-hybridized carbons (Fsp3) is 0.556. The molecule has 7 heteroatoms. The minimum absolute atomic E-state index is 0.0831. The fourth-order valence-corrected chi connectivity index (χ4v) is 3.79. The molecule has 0 aliphatic rings. The van der Waals surface area contributed by atoms with Gasteiger partial charge in [0.15, 0.2) is 8.32 Å². The number of hydrogen-bond acceptors (Lipinski definition) is 4.